The molecule has 0 amide bonds. The third-order valence-corrected chi connectivity index (χ3v) is 16.7. The normalized spacial score (nSPS) is 12.0. The van der Waals surface area contributed by atoms with E-state index in [0.29, 0.717) is 6.26 Å². The Kier molecular flexibility index (Phi) is 12.2. The summed E-state index contributed by atoms with van der Waals surface area (Å²) in [6.45, 7) is 3.29. The minimum absolute atomic E-state index is 0.604. The van der Waals surface area contributed by atoms with Gasteiger partial charge in [0.1, 0.15) is 0 Å². The molecule has 0 aliphatic carbocycles. The second-order valence-corrected chi connectivity index (χ2v) is 18.7. The Morgan fingerprint density at radius 1 is 1.00 bits per heavy atom. The molecule has 0 bridgehead atoms. The fraction of sp³-hybridized carbons (Fsp3) is 0.333. The van der Waals surface area contributed by atoms with Crippen molar-refractivity contribution in [1.29, 1.82) is 0 Å². The second-order valence-electron chi connectivity index (χ2n) is 5.52. The van der Waals surface area contributed by atoms with Gasteiger partial charge in [-0.2, -0.15) is 0 Å². The van der Waals surface area contributed by atoms with Crippen LogP contribution in [0.4, 0.5) is 11.4 Å². The van der Waals surface area contributed by atoms with Crippen molar-refractivity contribution in [1.82, 2.24) is 0 Å². The van der Waals surface area contributed by atoms with Gasteiger partial charge in [-0.25, -0.2) is 8.42 Å². The topological polar surface area (TPSA) is 96.9 Å². The van der Waals surface area contributed by atoms with Crippen molar-refractivity contribution in [3.63, 3.8) is 0 Å². The molecule has 0 saturated carbocycles. The summed E-state index contributed by atoms with van der Waals surface area (Å²) in [5, 5.41) is 3.45. The standard InChI is InChI=1S/C17H23AsN2S2.CH4O3S/c1-2-13-21-18(22-14-12-19)15-8-10-17(11-9-15)20-16-6-4-3-5-7-16;1-5(2,3)4/h3-11,20H,2,12-14,19H2,1H3;1H3,(H,2,3,4). The quantitative estimate of drug-likeness (QED) is 0.414. The first-order valence-electron chi connectivity index (χ1n) is 8.51. The molecule has 1 atom stereocenters. The summed E-state index contributed by atoms with van der Waals surface area (Å²) in [4.78, 5) is 0. The molecular formula is C18H27AsN2O3S3. The molecule has 0 aromatic heterocycles. The van der Waals surface area contributed by atoms with Crippen LogP contribution in [0.5, 0.6) is 0 Å². The van der Waals surface area contributed by atoms with Crippen molar-refractivity contribution in [2.45, 2.75) is 13.3 Å². The molecule has 0 spiro atoms. The fourth-order valence-electron chi connectivity index (χ4n) is 1.86. The van der Waals surface area contributed by atoms with Gasteiger partial charge >= 0.3 is 145 Å². The smallest absolute Gasteiger partial charge is 0.0916 e. The van der Waals surface area contributed by atoms with Crippen LogP contribution in [0.25, 0.3) is 0 Å². The van der Waals surface area contributed by atoms with Crippen molar-refractivity contribution < 1.29 is 18.7 Å². The van der Waals surface area contributed by atoms with Crippen molar-refractivity contribution in [2.75, 3.05) is 29.6 Å². The van der Waals surface area contributed by atoms with Gasteiger partial charge in [-0.3, -0.25) is 0 Å². The van der Waals surface area contributed by atoms with Crippen molar-refractivity contribution in [3.05, 3.63) is 54.6 Å². The molecule has 0 aliphatic heterocycles. The zero-order valence-electron chi connectivity index (χ0n) is 15.6. The molecule has 2 rings (SSSR count). The van der Waals surface area contributed by atoms with E-state index in [2.05, 4.69) is 86.6 Å². The van der Waals surface area contributed by atoms with Gasteiger partial charge in [0, 0.05) is 6.26 Å². The molecular weight excluding hydrogens is 463 g/mol. The zero-order chi connectivity index (χ0) is 20.1. The molecule has 4 N–H and O–H groups in total. The minimum Gasteiger partial charge on any atom is -0.748 e. The van der Waals surface area contributed by atoms with Crippen LogP contribution < -0.4 is 15.4 Å². The van der Waals surface area contributed by atoms with Crippen LogP contribution in [0.1, 0.15) is 13.3 Å². The van der Waals surface area contributed by atoms with Crippen LogP contribution in [0.15, 0.2) is 54.6 Å². The number of nitrogens with one attached hydrogen (secondary N) is 1. The molecule has 0 fully saturated rings. The average Bonchev–Trinajstić information content (AvgIpc) is 2.62. The molecule has 5 nitrogen and oxygen atoms in total. The predicted octanol–water partition coefficient (Wildman–Crippen LogP) is 2.41. The third-order valence-electron chi connectivity index (χ3n) is 2.91. The van der Waals surface area contributed by atoms with Crippen LogP contribution in [-0.2, 0) is 10.1 Å². The Hall–Kier alpha value is -0.632. The second kappa shape index (κ2) is 13.5. The average molecular weight is 491 g/mol. The predicted molar refractivity (Wildman–Crippen MR) is 120 cm³/mol. The Morgan fingerprint density at radius 2 is 1.52 bits per heavy atom. The van der Waals surface area contributed by atoms with Gasteiger partial charge < -0.3 is 4.55 Å². The number of anilines is 2. The van der Waals surface area contributed by atoms with Crippen molar-refractivity contribution >= 4 is 58.2 Å². The number of rotatable bonds is 9. The summed E-state index contributed by atoms with van der Waals surface area (Å²) >= 11 is -1.04. The molecule has 9 heteroatoms. The molecule has 2 aromatic rings. The Balaban J connectivity index is 0.000000646. The van der Waals surface area contributed by atoms with E-state index in [4.69, 9.17) is 13.0 Å². The molecule has 27 heavy (non-hydrogen) atoms. The Morgan fingerprint density at radius 3 is 2.04 bits per heavy atom. The summed E-state index contributed by atoms with van der Waals surface area (Å²) in [6.07, 6.45) is 1.86. The maximum atomic E-state index is 9.08. The van der Waals surface area contributed by atoms with Crippen LogP contribution in [0, 0.1) is 0 Å². The summed E-state index contributed by atoms with van der Waals surface area (Å²) in [5.74, 6) is 2.45. The Bertz CT molecular complexity index is 728. The molecule has 150 valence electrons. The van der Waals surface area contributed by atoms with Crippen molar-refractivity contribution in [2.24, 2.45) is 0 Å². The molecule has 0 aliphatic rings. The van der Waals surface area contributed by atoms with E-state index >= 15 is 0 Å². The first-order valence-corrected chi connectivity index (χ1v) is 17.7. The van der Waals surface area contributed by atoms with Crippen molar-refractivity contribution in [3.8, 4) is 0 Å². The monoisotopic (exact) mass is 490 g/mol. The third kappa shape index (κ3) is 12.4. The van der Waals surface area contributed by atoms with E-state index in [1.165, 1.54) is 17.9 Å². The van der Waals surface area contributed by atoms with Gasteiger partial charge in [0.25, 0.3) is 0 Å². The maximum Gasteiger partial charge on any atom is 0.0916 e. The van der Waals surface area contributed by atoms with Crippen LogP contribution in [-0.4, -0.2) is 49.6 Å². The van der Waals surface area contributed by atoms with Crippen LogP contribution >= 0.6 is 20.0 Å². The molecule has 1 unspecified atom stereocenters. The summed E-state index contributed by atoms with van der Waals surface area (Å²) in [6, 6.07) is 19.4. The number of benzene rings is 2. The Labute approximate surface area is 173 Å². The van der Waals surface area contributed by atoms with Gasteiger partial charge in [0.05, 0.1) is 10.1 Å². The maximum absolute atomic E-state index is 9.08. The molecule has 0 heterocycles. The number of hydrogen-bond acceptors (Lipinski definition) is 6. The summed E-state index contributed by atoms with van der Waals surface area (Å²) < 4.78 is 28.8. The van der Waals surface area contributed by atoms with E-state index in [-0.39, 0.29) is 0 Å². The fourth-order valence-corrected chi connectivity index (χ4v) is 14.8. The number of para-hydroxylation sites is 1. The first-order chi connectivity index (χ1) is 12.8. The van der Waals surface area contributed by atoms with E-state index in [1.807, 2.05) is 6.07 Å². The van der Waals surface area contributed by atoms with Gasteiger partial charge in [-0.05, 0) is 0 Å². The summed E-state index contributed by atoms with van der Waals surface area (Å²) in [5.41, 5.74) is 6.27. The van der Waals surface area contributed by atoms with E-state index in [0.717, 1.165) is 17.9 Å². The van der Waals surface area contributed by atoms with Gasteiger partial charge in [-0.1, -0.05) is 0 Å². The molecule has 2 aromatic carbocycles. The number of quaternary nitrogens is 1. The minimum atomic E-state index is -3.92. The van der Waals surface area contributed by atoms with E-state index < -0.39 is 22.5 Å². The van der Waals surface area contributed by atoms with Gasteiger partial charge in [0.15, 0.2) is 0 Å². The van der Waals surface area contributed by atoms with Gasteiger partial charge in [0.2, 0.25) is 0 Å². The van der Waals surface area contributed by atoms with E-state index in [9.17, 15) is 0 Å². The van der Waals surface area contributed by atoms with Gasteiger partial charge in [-0.15, -0.1) is 0 Å². The molecule has 0 saturated heterocycles. The van der Waals surface area contributed by atoms with Crippen LogP contribution in [0.2, 0.25) is 0 Å². The number of hydrogen-bond donors (Lipinski definition) is 2. The summed E-state index contributed by atoms with van der Waals surface area (Å²) in [7, 11) is 0.419. The molecule has 0 radical (unpaired) electrons. The van der Waals surface area contributed by atoms with Crippen LogP contribution in [0.3, 0.4) is 0 Å². The van der Waals surface area contributed by atoms with E-state index in [1.54, 1.807) is 4.35 Å². The zero-order valence-corrected chi connectivity index (χ0v) is 20.0. The largest absolute Gasteiger partial charge is 0.748 e. The first kappa shape index (κ1) is 24.4. The SMILES string of the molecule is CCCS[As](SCC[NH3+])c1ccc(Nc2ccccc2)cc1.CS(=O)(=O)[O-].